The van der Waals surface area contributed by atoms with Gasteiger partial charge >= 0.3 is 0 Å². The van der Waals surface area contributed by atoms with E-state index in [9.17, 15) is 13.2 Å². The Balaban J connectivity index is 1.72. The molecule has 1 aliphatic carbocycles. The highest BCUT2D eigenvalue weighted by Gasteiger charge is 2.17. The zero-order chi connectivity index (χ0) is 14.5. The van der Waals surface area contributed by atoms with E-state index in [4.69, 9.17) is 0 Å². The van der Waals surface area contributed by atoms with Crippen molar-refractivity contribution < 1.29 is 13.2 Å². The number of hydrogen-bond acceptors (Lipinski definition) is 1. The number of halogens is 3. The van der Waals surface area contributed by atoms with E-state index >= 15 is 0 Å². The van der Waals surface area contributed by atoms with Gasteiger partial charge in [-0.2, -0.15) is 0 Å². The molecule has 2 rings (SSSR count). The fourth-order valence-corrected chi connectivity index (χ4v) is 2.85. The SMILES string of the molecule is CC1CCC(CCNCc2cc(F)c(F)cc2F)CC1. The van der Waals surface area contributed by atoms with Crippen molar-refractivity contribution >= 4 is 0 Å². The monoisotopic (exact) mass is 285 g/mol. The molecule has 1 aliphatic rings. The third-order valence-electron chi connectivity index (χ3n) is 4.27. The minimum absolute atomic E-state index is 0.182. The van der Waals surface area contributed by atoms with Gasteiger partial charge in [0, 0.05) is 18.2 Å². The van der Waals surface area contributed by atoms with E-state index in [0.29, 0.717) is 6.07 Å². The zero-order valence-electron chi connectivity index (χ0n) is 11.9. The lowest BCUT2D eigenvalue weighted by Gasteiger charge is -2.26. The van der Waals surface area contributed by atoms with Crippen molar-refractivity contribution in [3.8, 4) is 0 Å². The van der Waals surface area contributed by atoms with Gasteiger partial charge in [0.1, 0.15) is 5.82 Å². The normalized spacial score (nSPS) is 23.0. The standard InChI is InChI=1S/C16H22F3N/c1-11-2-4-12(5-3-11)6-7-20-10-13-8-15(18)16(19)9-14(13)17/h8-9,11-12,20H,2-7,10H2,1H3. The largest absolute Gasteiger partial charge is 0.313 e. The first-order chi connectivity index (χ1) is 9.56. The third-order valence-corrected chi connectivity index (χ3v) is 4.27. The summed E-state index contributed by atoms with van der Waals surface area (Å²) in [6.45, 7) is 3.32. The molecule has 0 atom stereocenters. The van der Waals surface area contributed by atoms with E-state index in [0.717, 1.165) is 30.9 Å². The van der Waals surface area contributed by atoms with Crippen LogP contribution < -0.4 is 5.32 Å². The summed E-state index contributed by atoms with van der Waals surface area (Å²) in [5.41, 5.74) is 0.182. The van der Waals surface area contributed by atoms with E-state index in [-0.39, 0.29) is 12.1 Å². The number of benzene rings is 1. The minimum atomic E-state index is -1.14. The molecule has 0 radical (unpaired) electrons. The third kappa shape index (κ3) is 4.23. The van der Waals surface area contributed by atoms with Gasteiger partial charge in [-0.1, -0.05) is 32.6 Å². The molecule has 0 unspecified atom stereocenters. The molecule has 0 aliphatic heterocycles. The Morgan fingerprint density at radius 1 is 1.00 bits per heavy atom. The molecule has 1 N–H and O–H groups in total. The van der Waals surface area contributed by atoms with Gasteiger partial charge in [-0.05, 0) is 30.9 Å². The summed E-state index contributed by atoms with van der Waals surface area (Å²) in [7, 11) is 0. The van der Waals surface area contributed by atoms with E-state index in [1.165, 1.54) is 25.7 Å². The Morgan fingerprint density at radius 2 is 1.65 bits per heavy atom. The summed E-state index contributed by atoms with van der Waals surface area (Å²) in [5.74, 6) is -1.24. The Kier molecular flexibility index (Phi) is 5.46. The van der Waals surface area contributed by atoms with Gasteiger partial charge in [0.2, 0.25) is 0 Å². The molecule has 1 nitrogen and oxygen atoms in total. The minimum Gasteiger partial charge on any atom is -0.313 e. The van der Waals surface area contributed by atoms with Crippen LogP contribution in [0.5, 0.6) is 0 Å². The van der Waals surface area contributed by atoms with Crippen molar-refractivity contribution in [2.45, 2.75) is 45.6 Å². The first-order valence-corrected chi connectivity index (χ1v) is 7.40. The van der Waals surface area contributed by atoms with Gasteiger partial charge in [-0.25, -0.2) is 13.2 Å². The van der Waals surface area contributed by atoms with E-state index in [2.05, 4.69) is 12.2 Å². The molecule has 1 fully saturated rings. The van der Waals surface area contributed by atoms with Gasteiger partial charge in [0.25, 0.3) is 0 Å². The molecular weight excluding hydrogens is 263 g/mol. The molecule has 20 heavy (non-hydrogen) atoms. The highest BCUT2D eigenvalue weighted by atomic mass is 19.2. The summed E-state index contributed by atoms with van der Waals surface area (Å²) in [6, 6.07) is 1.54. The molecule has 0 aromatic heterocycles. The van der Waals surface area contributed by atoms with E-state index < -0.39 is 17.5 Å². The number of nitrogens with one attached hydrogen (secondary N) is 1. The fraction of sp³-hybridized carbons (Fsp3) is 0.625. The van der Waals surface area contributed by atoms with Crippen molar-refractivity contribution in [1.82, 2.24) is 5.32 Å². The Labute approximate surface area is 118 Å². The van der Waals surface area contributed by atoms with Crippen LogP contribution in [-0.2, 0) is 6.54 Å². The maximum Gasteiger partial charge on any atom is 0.161 e. The molecule has 112 valence electrons. The molecule has 0 spiro atoms. The van der Waals surface area contributed by atoms with Crippen molar-refractivity contribution in [1.29, 1.82) is 0 Å². The average Bonchev–Trinajstić information content (AvgIpc) is 2.42. The van der Waals surface area contributed by atoms with Crippen molar-refractivity contribution in [2.75, 3.05) is 6.54 Å². The Hall–Kier alpha value is -1.03. The van der Waals surface area contributed by atoms with Crippen LogP contribution in [0.1, 0.15) is 44.6 Å². The van der Waals surface area contributed by atoms with Crippen molar-refractivity contribution in [3.63, 3.8) is 0 Å². The second-order valence-corrected chi connectivity index (χ2v) is 5.95. The quantitative estimate of drug-likeness (QED) is 0.624. The first kappa shape index (κ1) is 15.4. The topological polar surface area (TPSA) is 12.0 Å². The van der Waals surface area contributed by atoms with Crippen LogP contribution in [-0.4, -0.2) is 6.54 Å². The molecular formula is C16H22F3N. The second-order valence-electron chi connectivity index (χ2n) is 5.95. The molecule has 4 heteroatoms. The summed E-state index contributed by atoms with van der Waals surface area (Å²) in [5, 5.41) is 3.12. The smallest absolute Gasteiger partial charge is 0.161 e. The lowest BCUT2D eigenvalue weighted by molar-refractivity contribution is 0.275. The number of hydrogen-bond donors (Lipinski definition) is 1. The van der Waals surface area contributed by atoms with E-state index in [1.54, 1.807) is 0 Å². The van der Waals surface area contributed by atoms with Crippen LogP contribution in [0.2, 0.25) is 0 Å². The lowest BCUT2D eigenvalue weighted by Crippen LogP contribution is -2.21. The molecule has 0 bridgehead atoms. The molecule has 1 aromatic carbocycles. The maximum absolute atomic E-state index is 13.4. The van der Waals surface area contributed by atoms with Gasteiger partial charge in [0.15, 0.2) is 11.6 Å². The molecule has 1 saturated carbocycles. The van der Waals surface area contributed by atoms with Gasteiger partial charge in [-0.3, -0.25) is 0 Å². The second kappa shape index (κ2) is 7.11. The highest BCUT2D eigenvalue weighted by molar-refractivity contribution is 5.19. The summed E-state index contributed by atoms with van der Waals surface area (Å²) in [4.78, 5) is 0. The van der Waals surface area contributed by atoms with Crippen LogP contribution in [0.4, 0.5) is 13.2 Å². The average molecular weight is 285 g/mol. The highest BCUT2D eigenvalue weighted by Crippen LogP contribution is 2.29. The Bertz CT molecular complexity index is 440. The summed E-state index contributed by atoms with van der Waals surface area (Å²) >= 11 is 0. The maximum atomic E-state index is 13.4. The van der Waals surface area contributed by atoms with Crippen LogP contribution >= 0.6 is 0 Å². The predicted molar refractivity (Wildman–Crippen MR) is 73.8 cm³/mol. The predicted octanol–water partition coefficient (Wildman–Crippen LogP) is 4.41. The Morgan fingerprint density at radius 3 is 2.35 bits per heavy atom. The summed E-state index contributed by atoms with van der Waals surface area (Å²) in [6.07, 6.45) is 6.19. The van der Waals surface area contributed by atoms with Gasteiger partial charge in [-0.15, -0.1) is 0 Å². The molecule has 1 aromatic rings. The molecule has 0 heterocycles. The van der Waals surface area contributed by atoms with Crippen LogP contribution in [0.25, 0.3) is 0 Å². The van der Waals surface area contributed by atoms with Crippen molar-refractivity contribution in [3.05, 3.63) is 35.1 Å². The molecule has 0 amide bonds. The number of rotatable bonds is 5. The summed E-state index contributed by atoms with van der Waals surface area (Å²) < 4.78 is 39.2. The first-order valence-electron chi connectivity index (χ1n) is 7.40. The van der Waals surface area contributed by atoms with Crippen molar-refractivity contribution in [2.24, 2.45) is 11.8 Å². The zero-order valence-corrected chi connectivity index (χ0v) is 11.9. The van der Waals surface area contributed by atoms with Crippen LogP contribution in [0.15, 0.2) is 12.1 Å². The van der Waals surface area contributed by atoms with Crippen LogP contribution in [0.3, 0.4) is 0 Å². The lowest BCUT2D eigenvalue weighted by atomic mass is 9.81. The fourth-order valence-electron chi connectivity index (χ4n) is 2.85. The van der Waals surface area contributed by atoms with E-state index in [1.807, 2.05) is 0 Å². The van der Waals surface area contributed by atoms with Gasteiger partial charge < -0.3 is 5.32 Å². The van der Waals surface area contributed by atoms with Crippen LogP contribution in [0, 0.1) is 29.3 Å². The molecule has 0 saturated heterocycles. The van der Waals surface area contributed by atoms with Gasteiger partial charge in [0.05, 0.1) is 0 Å².